The largest absolute Gasteiger partial charge is 0.445 e. The molecule has 0 radical (unpaired) electrons. The van der Waals surface area contributed by atoms with E-state index >= 15 is 0 Å². The Bertz CT molecular complexity index is 1650. The SMILES string of the molecule is C=CCOC(=O)NCc1ccccc1-c1ccc([C@H]2O[C@@H](CN3[C@@H](C(=O)NC(C)(C)C)CC[C@H]4CCCC[C@H]43)C[C@@H](c3ccc(CO)cc3)O2)cc1. The van der Waals surface area contributed by atoms with Crippen LogP contribution in [0.1, 0.15) is 100 Å². The number of benzene rings is 3. The molecule has 6 rings (SSSR count). The fourth-order valence-corrected chi connectivity index (χ4v) is 8.12. The van der Waals surface area contributed by atoms with Gasteiger partial charge < -0.3 is 30.0 Å². The van der Waals surface area contributed by atoms with Crippen LogP contribution < -0.4 is 10.6 Å². The van der Waals surface area contributed by atoms with Crippen LogP contribution in [0.3, 0.4) is 0 Å². The molecule has 278 valence electrons. The van der Waals surface area contributed by atoms with Crippen molar-refractivity contribution in [1.82, 2.24) is 15.5 Å². The highest BCUT2D eigenvalue weighted by Crippen LogP contribution is 2.42. The van der Waals surface area contributed by atoms with Crippen LogP contribution in [0.2, 0.25) is 0 Å². The molecule has 9 nitrogen and oxygen atoms in total. The van der Waals surface area contributed by atoms with E-state index in [0.717, 1.165) is 52.6 Å². The molecule has 3 aliphatic rings. The molecule has 6 atom stereocenters. The Hall–Kier alpha value is -4.02. The highest BCUT2D eigenvalue weighted by atomic mass is 16.7. The molecule has 2 heterocycles. The summed E-state index contributed by atoms with van der Waals surface area (Å²) in [6.07, 6.45) is 7.42. The number of aliphatic hydroxyl groups excluding tert-OH is 1. The number of hydrogen-bond acceptors (Lipinski definition) is 7. The lowest BCUT2D eigenvalue weighted by atomic mass is 9.75. The third-order valence-electron chi connectivity index (χ3n) is 10.6. The van der Waals surface area contributed by atoms with Gasteiger partial charge in [-0.05, 0) is 80.2 Å². The zero-order chi connectivity index (χ0) is 36.7. The maximum absolute atomic E-state index is 13.8. The quantitative estimate of drug-likeness (QED) is 0.175. The molecular weight excluding hydrogens is 654 g/mol. The van der Waals surface area contributed by atoms with E-state index in [9.17, 15) is 14.7 Å². The molecule has 3 aromatic rings. The Balaban J connectivity index is 1.25. The van der Waals surface area contributed by atoms with Crippen molar-refractivity contribution >= 4 is 12.0 Å². The molecule has 0 unspecified atom stereocenters. The van der Waals surface area contributed by atoms with E-state index in [2.05, 4.69) is 46.4 Å². The van der Waals surface area contributed by atoms with Gasteiger partial charge in [-0.2, -0.15) is 0 Å². The second kappa shape index (κ2) is 17.2. The van der Waals surface area contributed by atoms with Crippen LogP contribution in [-0.2, 0) is 32.2 Å². The van der Waals surface area contributed by atoms with E-state index in [4.69, 9.17) is 14.2 Å². The summed E-state index contributed by atoms with van der Waals surface area (Å²) in [7, 11) is 0. The summed E-state index contributed by atoms with van der Waals surface area (Å²) in [6, 6.07) is 24.3. The summed E-state index contributed by atoms with van der Waals surface area (Å²) in [5, 5.41) is 15.8. The van der Waals surface area contributed by atoms with E-state index in [0.29, 0.717) is 31.5 Å². The van der Waals surface area contributed by atoms with E-state index < -0.39 is 12.4 Å². The van der Waals surface area contributed by atoms with Crippen molar-refractivity contribution in [3.05, 3.63) is 108 Å². The average molecular weight is 710 g/mol. The van der Waals surface area contributed by atoms with Crippen LogP contribution in [-0.4, -0.2) is 58.9 Å². The Kier molecular flexibility index (Phi) is 12.5. The van der Waals surface area contributed by atoms with Crippen molar-refractivity contribution in [2.45, 2.75) is 115 Å². The molecule has 3 aromatic carbocycles. The summed E-state index contributed by atoms with van der Waals surface area (Å²) in [6.45, 7) is 10.8. The monoisotopic (exact) mass is 709 g/mol. The number of piperidine rings is 1. The predicted octanol–water partition coefficient (Wildman–Crippen LogP) is 7.74. The zero-order valence-corrected chi connectivity index (χ0v) is 30.9. The number of carbonyl (C=O) groups is 2. The molecule has 1 saturated carbocycles. The van der Waals surface area contributed by atoms with E-state index in [1.807, 2.05) is 69.3 Å². The normalized spacial score (nSPS) is 25.1. The average Bonchev–Trinajstić information content (AvgIpc) is 3.15. The number of nitrogens with zero attached hydrogens (tertiary/aromatic N) is 1. The molecule has 0 spiro atoms. The number of amides is 2. The van der Waals surface area contributed by atoms with Gasteiger partial charge in [-0.3, -0.25) is 9.69 Å². The fraction of sp³-hybridized carbons (Fsp3) is 0.488. The molecule has 52 heavy (non-hydrogen) atoms. The standard InChI is InChI=1S/C43H55N3O6/c1-5-24-50-42(49)44-26-34-11-6-8-12-36(34)30-18-20-33(21-19-30)41-51-35(25-39(52-41)32-16-14-29(28-47)15-17-32)27-46-37-13-9-7-10-31(37)22-23-38(46)40(48)45-43(2,3)4/h5-6,8,11-12,14-21,31,35,37-39,41,47H,1,7,9-10,13,22-28H2,2-4H3,(H,44,49)(H,45,48)/t31-,35-,37-,38-,39+,41+/m1/s1. The van der Waals surface area contributed by atoms with Crippen molar-refractivity contribution in [3.8, 4) is 11.1 Å². The lowest BCUT2D eigenvalue weighted by molar-refractivity contribution is -0.255. The molecule has 3 N–H and O–H groups in total. The van der Waals surface area contributed by atoms with Gasteiger partial charge in [-0.15, -0.1) is 0 Å². The van der Waals surface area contributed by atoms with Crippen molar-refractivity contribution in [2.75, 3.05) is 13.2 Å². The molecular formula is C43H55N3O6. The number of hydrogen-bond donors (Lipinski definition) is 3. The lowest BCUT2D eigenvalue weighted by Gasteiger charge is -2.50. The van der Waals surface area contributed by atoms with Gasteiger partial charge in [0, 0.05) is 36.7 Å². The third kappa shape index (κ3) is 9.50. The first-order valence-corrected chi connectivity index (χ1v) is 18.9. The second-order valence-corrected chi connectivity index (χ2v) is 15.5. The number of carbonyl (C=O) groups excluding carboxylic acids is 2. The Morgan fingerprint density at radius 3 is 2.40 bits per heavy atom. The molecule has 0 aromatic heterocycles. The molecule has 1 aliphatic carbocycles. The van der Waals surface area contributed by atoms with E-state index in [-0.39, 0.29) is 42.9 Å². The summed E-state index contributed by atoms with van der Waals surface area (Å²) in [4.78, 5) is 28.4. The molecule has 2 aliphatic heterocycles. The van der Waals surface area contributed by atoms with Gasteiger partial charge in [-0.1, -0.05) is 98.3 Å². The smallest absolute Gasteiger partial charge is 0.407 e. The van der Waals surface area contributed by atoms with Crippen molar-refractivity contribution in [1.29, 1.82) is 0 Å². The minimum Gasteiger partial charge on any atom is -0.445 e. The fourth-order valence-electron chi connectivity index (χ4n) is 8.12. The third-order valence-corrected chi connectivity index (χ3v) is 10.6. The summed E-state index contributed by atoms with van der Waals surface area (Å²) in [5.74, 6) is 0.712. The number of likely N-dealkylation sites (tertiary alicyclic amines) is 1. The Morgan fingerprint density at radius 1 is 0.942 bits per heavy atom. The Morgan fingerprint density at radius 2 is 1.67 bits per heavy atom. The first-order valence-electron chi connectivity index (χ1n) is 18.9. The number of aliphatic hydroxyl groups is 1. The van der Waals surface area contributed by atoms with Crippen LogP contribution in [0.25, 0.3) is 11.1 Å². The van der Waals surface area contributed by atoms with Gasteiger partial charge in [0.15, 0.2) is 6.29 Å². The maximum atomic E-state index is 13.8. The topological polar surface area (TPSA) is 109 Å². The number of alkyl carbamates (subject to hydrolysis) is 1. The summed E-state index contributed by atoms with van der Waals surface area (Å²) in [5.41, 5.74) is 5.48. The predicted molar refractivity (Wildman–Crippen MR) is 202 cm³/mol. The minimum atomic E-state index is -0.611. The molecule has 9 heteroatoms. The van der Waals surface area contributed by atoms with Gasteiger partial charge in [0.25, 0.3) is 0 Å². The maximum Gasteiger partial charge on any atom is 0.407 e. The lowest BCUT2D eigenvalue weighted by Crippen LogP contribution is -2.61. The molecule has 2 saturated heterocycles. The summed E-state index contributed by atoms with van der Waals surface area (Å²) >= 11 is 0. The van der Waals surface area contributed by atoms with Gasteiger partial charge >= 0.3 is 6.09 Å². The van der Waals surface area contributed by atoms with Crippen molar-refractivity contribution in [2.24, 2.45) is 5.92 Å². The van der Waals surface area contributed by atoms with Gasteiger partial charge in [0.05, 0.1) is 24.9 Å². The number of rotatable bonds is 11. The van der Waals surface area contributed by atoms with Crippen molar-refractivity contribution in [3.63, 3.8) is 0 Å². The second-order valence-electron chi connectivity index (χ2n) is 15.5. The first kappa shape index (κ1) is 37.7. The minimum absolute atomic E-state index is 0.0133. The molecule has 3 fully saturated rings. The molecule has 0 bridgehead atoms. The number of ether oxygens (including phenoxy) is 3. The highest BCUT2D eigenvalue weighted by Gasteiger charge is 2.44. The van der Waals surface area contributed by atoms with Crippen LogP contribution in [0.4, 0.5) is 4.79 Å². The van der Waals surface area contributed by atoms with E-state index in [1.165, 1.54) is 25.3 Å². The molecule has 2 amide bonds. The zero-order valence-electron chi connectivity index (χ0n) is 30.9. The van der Waals surface area contributed by atoms with E-state index in [1.54, 1.807) is 0 Å². The van der Waals surface area contributed by atoms with Gasteiger partial charge in [-0.25, -0.2) is 4.79 Å². The summed E-state index contributed by atoms with van der Waals surface area (Å²) < 4.78 is 18.6. The van der Waals surface area contributed by atoms with Crippen LogP contribution in [0.5, 0.6) is 0 Å². The van der Waals surface area contributed by atoms with Gasteiger partial charge in [0.1, 0.15) is 6.61 Å². The highest BCUT2D eigenvalue weighted by molar-refractivity contribution is 5.82. The van der Waals surface area contributed by atoms with Crippen LogP contribution in [0.15, 0.2) is 85.5 Å². The first-order chi connectivity index (χ1) is 25.1. The Labute approximate surface area is 308 Å². The van der Waals surface area contributed by atoms with Crippen LogP contribution >= 0.6 is 0 Å². The van der Waals surface area contributed by atoms with Gasteiger partial charge in [0.2, 0.25) is 5.91 Å². The number of nitrogens with one attached hydrogen (secondary N) is 2. The van der Waals surface area contributed by atoms with Crippen LogP contribution in [0, 0.1) is 5.92 Å². The van der Waals surface area contributed by atoms with Crippen molar-refractivity contribution < 1.29 is 28.9 Å². The number of fused-ring (bicyclic) bond motifs is 1.